The summed E-state index contributed by atoms with van der Waals surface area (Å²) in [5.74, 6) is 2.42. The molecule has 1 amide bonds. The number of rotatable bonds is 1. The largest absolute Gasteiger partial charge is 0.486 e. The van der Waals surface area contributed by atoms with E-state index >= 15 is 0 Å². The van der Waals surface area contributed by atoms with Gasteiger partial charge < -0.3 is 19.4 Å². The van der Waals surface area contributed by atoms with Crippen LogP contribution in [0.25, 0.3) is 0 Å². The fraction of sp³-hybridized carbons (Fsp3) is 0.450. The van der Waals surface area contributed by atoms with Crippen LogP contribution >= 0.6 is 0 Å². The van der Waals surface area contributed by atoms with Crippen LogP contribution in [0.4, 0.5) is 0 Å². The molecule has 1 aromatic heterocycles. The van der Waals surface area contributed by atoms with E-state index in [1.54, 1.807) is 25.1 Å². The summed E-state index contributed by atoms with van der Waals surface area (Å²) in [6.07, 6.45) is 1.64. The van der Waals surface area contributed by atoms with Gasteiger partial charge in [0.15, 0.2) is 11.5 Å². The Morgan fingerprint density at radius 2 is 2.04 bits per heavy atom. The number of benzene rings is 1. The molecule has 1 aromatic carbocycles. The van der Waals surface area contributed by atoms with Gasteiger partial charge in [-0.05, 0) is 43.9 Å². The van der Waals surface area contributed by atoms with Gasteiger partial charge in [-0.3, -0.25) is 9.59 Å². The summed E-state index contributed by atoms with van der Waals surface area (Å²) >= 11 is 0. The highest BCUT2D eigenvalue weighted by Crippen LogP contribution is 2.40. The lowest BCUT2D eigenvalue weighted by Gasteiger charge is -2.25. The van der Waals surface area contributed by atoms with Crippen LogP contribution in [-0.2, 0) is 6.42 Å². The highest BCUT2D eigenvalue weighted by atomic mass is 16.6. The number of carbonyl (C=O) groups excluding carboxylic acids is 1. The van der Waals surface area contributed by atoms with Crippen LogP contribution in [0.1, 0.15) is 39.8 Å². The molecule has 0 radical (unpaired) electrons. The molecule has 7 nitrogen and oxygen atoms in total. The van der Waals surface area contributed by atoms with Crippen molar-refractivity contribution >= 4 is 5.91 Å². The van der Waals surface area contributed by atoms with Gasteiger partial charge >= 0.3 is 0 Å². The van der Waals surface area contributed by atoms with E-state index in [0.717, 1.165) is 24.1 Å². The van der Waals surface area contributed by atoms with Crippen molar-refractivity contribution < 1.29 is 14.3 Å². The Kier molecular flexibility index (Phi) is 3.70. The summed E-state index contributed by atoms with van der Waals surface area (Å²) in [7, 11) is 0. The molecule has 27 heavy (non-hydrogen) atoms. The number of aromatic amines is 1. The molecule has 2 aliphatic heterocycles. The standard InChI is InChI=1S/C20H21N3O4/c1-11-21-18-14(19(24)22-11)4-2-13-9-23(10-15(13)18)20(25)12-3-5-16-17(8-12)27-7-6-26-16/h3,5,8,13,15H,2,4,6-7,9-10H2,1H3,(H,21,22,24)/t13-,15+/m1/s1. The summed E-state index contributed by atoms with van der Waals surface area (Å²) in [6.45, 7) is 4.12. The molecular weight excluding hydrogens is 346 g/mol. The van der Waals surface area contributed by atoms with Gasteiger partial charge in [0.25, 0.3) is 11.5 Å². The number of hydrogen-bond donors (Lipinski definition) is 1. The number of H-pyrrole nitrogens is 1. The fourth-order valence-corrected chi connectivity index (χ4v) is 4.51. The first-order valence-corrected chi connectivity index (χ1v) is 9.39. The number of nitrogens with zero attached hydrogens (tertiary/aromatic N) is 2. The molecule has 1 saturated heterocycles. The van der Waals surface area contributed by atoms with E-state index in [2.05, 4.69) is 9.97 Å². The Labute approximate surface area is 156 Å². The van der Waals surface area contributed by atoms with Crippen LogP contribution < -0.4 is 15.0 Å². The number of aryl methyl sites for hydroxylation is 1. The Bertz CT molecular complexity index is 984. The smallest absolute Gasteiger partial charge is 0.254 e. The average molecular weight is 367 g/mol. The number of aromatic nitrogens is 2. The minimum atomic E-state index is -0.0347. The van der Waals surface area contributed by atoms with Gasteiger partial charge in [-0.25, -0.2) is 4.98 Å². The summed E-state index contributed by atoms with van der Waals surface area (Å²) in [6, 6.07) is 5.35. The third-order valence-corrected chi connectivity index (χ3v) is 5.80. The number of nitrogens with one attached hydrogen (secondary N) is 1. The first kappa shape index (κ1) is 16.4. The summed E-state index contributed by atoms with van der Waals surface area (Å²) in [5, 5.41) is 0. The molecule has 0 spiro atoms. The van der Waals surface area contributed by atoms with Gasteiger partial charge in [-0.2, -0.15) is 0 Å². The second-order valence-electron chi connectivity index (χ2n) is 7.49. The van der Waals surface area contributed by atoms with Gasteiger partial charge in [-0.1, -0.05) is 0 Å². The van der Waals surface area contributed by atoms with E-state index in [0.29, 0.717) is 55.1 Å². The second-order valence-corrected chi connectivity index (χ2v) is 7.49. The maximum Gasteiger partial charge on any atom is 0.254 e. The Balaban J connectivity index is 1.42. The molecule has 7 heteroatoms. The Hall–Kier alpha value is -2.83. The van der Waals surface area contributed by atoms with Gasteiger partial charge in [0.05, 0.1) is 5.69 Å². The average Bonchev–Trinajstić information content (AvgIpc) is 3.11. The van der Waals surface area contributed by atoms with Crippen molar-refractivity contribution in [2.75, 3.05) is 26.3 Å². The van der Waals surface area contributed by atoms with Crippen molar-refractivity contribution in [3.63, 3.8) is 0 Å². The van der Waals surface area contributed by atoms with E-state index < -0.39 is 0 Å². The quantitative estimate of drug-likeness (QED) is 0.829. The number of amides is 1. The van der Waals surface area contributed by atoms with Gasteiger partial charge in [0.1, 0.15) is 19.0 Å². The molecule has 5 rings (SSSR count). The predicted molar refractivity (Wildman–Crippen MR) is 97.5 cm³/mol. The molecule has 1 aliphatic carbocycles. The zero-order valence-electron chi connectivity index (χ0n) is 15.2. The molecule has 2 aromatic rings. The van der Waals surface area contributed by atoms with Crippen LogP contribution in [0.15, 0.2) is 23.0 Å². The minimum Gasteiger partial charge on any atom is -0.486 e. The lowest BCUT2D eigenvalue weighted by molar-refractivity contribution is 0.0784. The second kappa shape index (κ2) is 6.11. The van der Waals surface area contributed by atoms with Gasteiger partial charge in [-0.15, -0.1) is 0 Å². The monoisotopic (exact) mass is 367 g/mol. The third-order valence-electron chi connectivity index (χ3n) is 5.80. The van der Waals surface area contributed by atoms with E-state index in [4.69, 9.17) is 9.47 Å². The Morgan fingerprint density at radius 3 is 2.89 bits per heavy atom. The Morgan fingerprint density at radius 1 is 1.22 bits per heavy atom. The van der Waals surface area contributed by atoms with Crippen LogP contribution in [0.2, 0.25) is 0 Å². The van der Waals surface area contributed by atoms with Crippen molar-refractivity contribution in [2.24, 2.45) is 5.92 Å². The molecule has 3 heterocycles. The zero-order chi connectivity index (χ0) is 18.5. The lowest BCUT2D eigenvalue weighted by Crippen LogP contribution is -2.29. The van der Waals surface area contributed by atoms with E-state index in [1.807, 2.05) is 4.90 Å². The van der Waals surface area contributed by atoms with E-state index in [-0.39, 0.29) is 17.4 Å². The molecule has 1 N–H and O–H groups in total. The van der Waals surface area contributed by atoms with E-state index in [1.165, 1.54) is 0 Å². The third kappa shape index (κ3) is 2.69. The maximum absolute atomic E-state index is 13.1. The molecule has 0 unspecified atom stereocenters. The molecular formula is C20H21N3O4. The molecule has 2 atom stereocenters. The predicted octanol–water partition coefficient (Wildman–Crippen LogP) is 1.65. The van der Waals surface area contributed by atoms with Crippen molar-refractivity contribution in [1.29, 1.82) is 0 Å². The fourth-order valence-electron chi connectivity index (χ4n) is 4.51. The van der Waals surface area contributed by atoms with Gasteiger partial charge in [0, 0.05) is 30.1 Å². The first-order chi connectivity index (χ1) is 13.1. The molecule has 0 saturated carbocycles. The number of ether oxygens (including phenoxy) is 2. The van der Waals surface area contributed by atoms with Crippen molar-refractivity contribution in [1.82, 2.24) is 14.9 Å². The molecule has 3 aliphatic rings. The minimum absolute atomic E-state index is 0.00974. The lowest BCUT2D eigenvalue weighted by atomic mass is 9.80. The summed E-state index contributed by atoms with van der Waals surface area (Å²) in [4.78, 5) is 34.6. The maximum atomic E-state index is 13.1. The highest BCUT2D eigenvalue weighted by Gasteiger charge is 2.41. The summed E-state index contributed by atoms with van der Waals surface area (Å²) < 4.78 is 11.1. The highest BCUT2D eigenvalue weighted by molar-refractivity contribution is 5.95. The molecule has 140 valence electrons. The zero-order valence-corrected chi connectivity index (χ0v) is 15.2. The van der Waals surface area contributed by atoms with Crippen LogP contribution in [0.5, 0.6) is 11.5 Å². The number of fused-ring (bicyclic) bond motifs is 4. The molecule has 1 fully saturated rings. The van der Waals surface area contributed by atoms with Gasteiger partial charge in [0.2, 0.25) is 0 Å². The van der Waals surface area contributed by atoms with Crippen molar-refractivity contribution in [2.45, 2.75) is 25.7 Å². The topological polar surface area (TPSA) is 84.5 Å². The van der Waals surface area contributed by atoms with Crippen LogP contribution in [-0.4, -0.2) is 47.1 Å². The van der Waals surface area contributed by atoms with Crippen LogP contribution in [0.3, 0.4) is 0 Å². The number of likely N-dealkylation sites (tertiary alicyclic amines) is 1. The summed E-state index contributed by atoms with van der Waals surface area (Å²) in [5.41, 5.74) is 2.24. The van der Waals surface area contributed by atoms with Crippen molar-refractivity contribution in [3.05, 3.63) is 51.2 Å². The van der Waals surface area contributed by atoms with E-state index in [9.17, 15) is 9.59 Å². The SMILES string of the molecule is Cc1nc2c(c(=O)[nH]1)CC[C@@H]1CN(C(=O)c3ccc4c(c3)OCCO4)C[C@H]21. The first-order valence-electron chi connectivity index (χ1n) is 9.39. The number of carbonyl (C=O) groups is 1. The number of hydrogen-bond acceptors (Lipinski definition) is 5. The molecule has 0 bridgehead atoms. The van der Waals surface area contributed by atoms with Crippen LogP contribution in [0, 0.1) is 12.8 Å². The van der Waals surface area contributed by atoms with Crippen molar-refractivity contribution in [3.8, 4) is 11.5 Å². The normalized spacial score (nSPS) is 22.9.